The van der Waals surface area contributed by atoms with Gasteiger partial charge in [-0.05, 0) is 18.1 Å². The van der Waals surface area contributed by atoms with E-state index in [-0.39, 0.29) is 6.04 Å². The molecule has 3 heteroatoms. The van der Waals surface area contributed by atoms with Crippen molar-refractivity contribution in [2.45, 2.75) is 19.9 Å². The molecule has 3 N–H and O–H groups in total. The Labute approximate surface area is 79.4 Å². The molecule has 1 atom stereocenters. The molecule has 0 spiro atoms. The fourth-order valence-electron chi connectivity index (χ4n) is 0.941. The minimum Gasteiger partial charge on any atom is -0.383 e. The van der Waals surface area contributed by atoms with E-state index in [1.807, 2.05) is 12.1 Å². The van der Waals surface area contributed by atoms with Gasteiger partial charge < -0.3 is 11.1 Å². The first kappa shape index (κ1) is 9.99. The Morgan fingerprint density at radius 2 is 2.00 bits per heavy atom. The fourth-order valence-corrected chi connectivity index (χ4v) is 0.941. The topological polar surface area (TPSA) is 50.9 Å². The molecule has 0 saturated carbocycles. The molecule has 0 radical (unpaired) electrons. The molecule has 0 saturated heterocycles. The molecular formula is C10H17N3. The van der Waals surface area contributed by atoms with Crippen LogP contribution >= 0.6 is 0 Å². The standard InChI is InChI=1S/C10H17N3/c1-8(2)10(11)7-13-9-3-5-12-6-4-9/h3-6,8,10H,7,11H2,1-2H3,(H,12,13). The van der Waals surface area contributed by atoms with Crippen molar-refractivity contribution >= 4 is 5.69 Å². The van der Waals surface area contributed by atoms with E-state index >= 15 is 0 Å². The van der Waals surface area contributed by atoms with E-state index in [0.29, 0.717) is 5.92 Å². The van der Waals surface area contributed by atoms with Crippen LogP contribution in [0.15, 0.2) is 24.5 Å². The van der Waals surface area contributed by atoms with Gasteiger partial charge in [-0.2, -0.15) is 0 Å². The summed E-state index contributed by atoms with van der Waals surface area (Å²) in [7, 11) is 0. The Kier molecular flexibility index (Phi) is 3.71. The van der Waals surface area contributed by atoms with Gasteiger partial charge in [0.15, 0.2) is 0 Å². The zero-order chi connectivity index (χ0) is 9.68. The van der Waals surface area contributed by atoms with Crippen molar-refractivity contribution in [3.8, 4) is 0 Å². The highest BCUT2D eigenvalue weighted by Crippen LogP contribution is 2.04. The highest BCUT2D eigenvalue weighted by molar-refractivity contribution is 5.40. The molecule has 1 unspecified atom stereocenters. The van der Waals surface area contributed by atoms with E-state index < -0.39 is 0 Å². The molecule has 0 fully saturated rings. The van der Waals surface area contributed by atoms with Gasteiger partial charge >= 0.3 is 0 Å². The third kappa shape index (κ3) is 3.42. The van der Waals surface area contributed by atoms with Crippen LogP contribution in [-0.2, 0) is 0 Å². The second-order valence-electron chi connectivity index (χ2n) is 3.52. The van der Waals surface area contributed by atoms with Crippen LogP contribution in [0.4, 0.5) is 5.69 Å². The number of pyridine rings is 1. The van der Waals surface area contributed by atoms with Crippen LogP contribution in [0.3, 0.4) is 0 Å². The van der Waals surface area contributed by atoms with Gasteiger partial charge in [-0.25, -0.2) is 0 Å². The summed E-state index contributed by atoms with van der Waals surface area (Å²) in [4.78, 5) is 3.94. The van der Waals surface area contributed by atoms with Crippen LogP contribution in [-0.4, -0.2) is 17.6 Å². The Morgan fingerprint density at radius 1 is 1.38 bits per heavy atom. The molecule has 1 rings (SSSR count). The first-order valence-electron chi connectivity index (χ1n) is 4.59. The molecule has 1 aromatic rings. The number of anilines is 1. The van der Waals surface area contributed by atoms with E-state index in [9.17, 15) is 0 Å². The minimum absolute atomic E-state index is 0.202. The molecule has 0 aromatic carbocycles. The number of hydrogen-bond acceptors (Lipinski definition) is 3. The number of nitrogens with two attached hydrogens (primary N) is 1. The summed E-state index contributed by atoms with van der Waals surface area (Å²) in [6.07, 6.45) is 3.53. The summed E-state index contributed by atoms with van der Waals surface area (Å²) in [5.74, 6) is 0.509. The van der Waals surface area contributed by atoms with E-state index in [1.54, 1.807) is 12.4 Å². The molecule has 1 aromatic heterocycles. The van der Waals surface area contributed by atoms with Crippen molar-refractivity contribution in [2.75, 3.05) is 11.9 Å². The Morgan fingerprint density at radius 3 is 2.54 bits per heavy atom. The van der Waals surface area contributed by atoms with Crippen molar-refractivity contribution in [2.24, 2.45) is 11.7 Å². The zero-order valence-electron chi connectivity index (χ0n) is 8.20. The van der Waals surface area contributed by atoms with Crippen LogP contribution in [0.2, 0.25) is 0 Å². The lowest BCUT2D eigenvalue weighted by molar-refractivity contribution is 0.511. The van der Waals surface area contributed by atoms with E-state index in [1.165, 1.54) is 0 Å². The van der Waals surface area contributed by atoms with E-state index in [2.05, 4.69) is 24.1 Å². The second-order valence-corrected chi connectivity index (χ2v) is 3.52. The monoisotopic (exact) mass is 179 g/mol. The van der Waals surface area contributed by atoms with Gasteiger partial charge in [0, 0.05) is 30.7 Å². The number of nitrogens with one attached hydrogen (secondary N) is 1. The smallest absolute Gasteiger partial charge is 0.0371 e. The first-order valence-corrected chi connectivity index (χ1v) is 4.59. The van der Waals surface area contributed by atoms with E-state index in [4.69, 9.17) is 5.73 Å². The normalized spacial score (nSPS) is 12.9. The summed E-state index contributed by atoms with van der Waals surface area (Å²) < 4.78 is 0. The minimum atomic E-state index is 0.202. The summed E-state index contributed by atoms with van der Waals surface area (Å²) in [5, 5.41) is 3.26. The Hall–Kier alpha value is -1.09. The van der Waals surface area contributed by atoms with Crippen molar-refractivity contribution in [3.05, 3.63) is 24.5 Å². The van der Waals surface area contributed by atoms with Crippen molar-refractivity contribution in [1.29, 1.82) is 0 Å². The van der Waals surface area contributed by atoms with Gasteiger partial charge in [0.25, 0.3) is 0 Å². The predicted octanol–water partition coefficient (Wildman–Crippen LogP) is 1.48. The molecule has 72 valence electrons. The lowest BCUT2D eigenvalue weighted by Crippen LogP contribution is -2.33. The number of nitrogens with zero attached hydrogens (tertiary/aromatic N) is 1. The lowest BCUT2D eigenvalue weighted by Gasteiger charge is -2.16. The average molecular weight is 179 g/mol. The van der Waals surface area contributed by atoms with E-state index in [0.717, 1.165) is 12.2 Å². The van der Waals surface area contributed by atoms with Gasteiger partial charge in [-0.15, -0.1) is 0 Å². The Balaban J connectivity index is 2.35. The van der Waals surface area contributed by atoms with Gasteiger partial charge in [-0.1, -0.05) is 13.8 Å². The van der Waals surface area contributed by atoms with Crippen LogP contribution in [0, 0.1) is 5.92 Å². The highest BCUT2D eigenvalue weighted by atomic mass is 14.9. The van der Waals surface area contributed by atoms with Gasteiger partial charge in [0.2, 0.25) is 0 Å². The second kappa shape index (κ2) is 4.82. The number of hydrogen-bond donors (Lipinski definition) is 2. The molecule has 13 heavy (non-hydrogen) atoms. The zero-order valence-corrected chi connectivity index (χ0v) is 8.20. The maximum Gasteiger partial charge on any atom is 0.0371 e. The highest BCUT2D eigenvalue weighted by Gasteiger charge is 2.05. The van der Waals surface area contributed by atoms with Crippen molar-refractivity contribution < 1.29 is 0 Å². The van der Waals surface area contributed by atoms with Crippen LogP contribution < -0.4 is 11.1 Å². The molecule has 0 aliphatic heterocycles. The average Bonchev–Trinajstić information content (AvgIpc) is 2.15. The summed E-state index contributed by atoms with van der Waals surface area (Å²) in [6.45, 7) is 5.06. The number of rotatable bonds is 4. The van der Waals surface area contributed by atoms with Crippen molar-refractivity contribution in [3.63, 3.8) is 0 Å². The van der Waals surface area contributed by atoms with Crippen molar-refractivity contribution in [1.82, 2.24) is 4.98 Å². The summed E-state index contributed by atoms with van der Waals surface area (Å²) in [6, 6.07) is 4.08. The molecule has 0 amide bonds. The van der Waals surface area contributed by atoms with Crippen LogP contribution in [0.5, 0.6) is 0 Å². The largest absolute Gasteiger partial charge is 0.383 e. The third-order valence-electron chi connectivity index (χ3n) is 2.08. The van der Waals surface area contributed by atoms with Crippen LogP contribution in [0.1, 0.15) is 13.8 Å². The Bertz CT molecular complexity index is 233. The van der Waals surface area contributed by atoms with Gasteiger partial charge in [0.1, 0.15) is 0 Å². The molecule has 3 nitrogen and oxygen atoms in total. The summed E-state index contributed by atoms with van der Waals surface area (Å²) >= 11 is 0. The predicted molar refractivity (Wildman–Crippen MR) is 55.5 cm³/mol. The molecule has 0 aliphatic rings. The van der Waals surface area contributed by atoms with Gasteiger partial charge in [-0.3, -0.25) is 4.98 Å². The lowest BCUT2D eigenvalue weighted by atomic mass is 10.1. The third-order valence-corrected chi connectivity index (χ3v) is 2.08. The first-order chi connectivity index (χ1) is 6.20. The summed E-state index contributed by atoms with van der Waals surface area (Å²) in [5.41, 5.74) is 6.96. The molecule has 0 aliphatic carbocycles. The van der Waals surface area contributed by atoms with Crippen LogP contribution in [0.25, 0.3) is 0 Å². The van der Waals surface area contributed by atoms with Gasteiger partial charge in [0.05, 0.1) is 0 Å². The fraction of sp³-hybridized carbons (Fsp3) is 0.500. The molecule has 1 heterocycles. The molecule has 0 bridgehead atoms. The maximum atomic E-state index is 5.89. The number of aromatic nitrogens is 1. The molecular weight excluding hydrogens is 162 g/mol. The quantitative estimate of drug-likeness (QED) is 0.736. The maximum absolute atomic E-state index is 5.89. The SMILES string of the molecule is CC(C)C(N)CNc1ccncc1.